The van der Waals surface area contributed by atoms with Crippen LogP contribution in [0.4, 0.5) is 5.69 Å². The van der Waals surface area contributed by atoms with Crippen molar-refractivity contribution < 1.29 is 24.0 Å². The minimum absolute atomic E-state index is 0.0935. The summed E-state index contributed by atoms with van der Waals surface area (Å²) in [6.45, 7) is 3.38. The molecule has 0 radical (unpaired) electrons. The van der Waals surface area contributed by atoms with Gasteiger partial charge in [-0.05, 0) is 24.1 Å². The molecular formula is C15H15ClN2O5. The van der Waals surface area contributed by atoms with Gasteiger partial charge in [0.1, 0.15) is 5.75 Å². The second-order valence-electron chi connectivity index (χ2n) is 5.05. The Balaban J connectivity index is 2.05. The quantitative estimate of drug-likeness (QED) is 0.838. The maximum absolute atomic E-state index is 12.1. The predicted octanol–water partition coefficient (Wildman–Crippen LogP) is 3.17. The number of aliphatic carboxylic acids is 1. The number of rotatable bonds is 6. The highest BCUT2D eigenvalue weighted by molar-refractivity contribution is 6.32. The van der Waals surface area contributed by atoms with Crippen LogP contribution in [0.25, 0.3) is 0 Å². The molecule has 1 aromatic carbocycles. The number of carbonyl (C=O) groups is 2. The molecule has 0 saturated carbocycles. The number of nitrogens with zero attached hydrogens (tertiary/aromatic N) is 1. The molecule has 0 fully saturated rings. The van der Waals surface area contributed by atoms with Gasteiger partial charge >= 0.3 is 5.97 Å². The minimum atomic E-state index is -1.11. The molecule has 0 aliphatic carbocycles. The number of carboxylic acids is 1. The summed E-state index contributed by atoms with van der Waals surface area (Å²) < 4.78 is 9.99. The van der Waals surface area contributed by atoms with Crippen LogP contribution in [-0.2, 0) is 4.79 Å². The van der Waals surface area contributed by atoms with E-state index in [-0.39, 0.29) is 22.5 Å². The number of aromatic nitrogens is 1. The fraction of sp³-hybridized carbons (Fsp3) is 0.267. The maximum Gasteiger partial charge on any atom is 0.341 e. The molecule has 2 aromatic rings. The van der Waals surface area contributed by atoms with E-state index in [4.69, 9.17) is 26.0 Å². The summed E-state index contributed by atoms with van der Waals surface area (Å²) in [5.41, 5.74) is 1.11. The van der Waals surface area contributed by atoms with Gasteiger partial charge < -0.3 is 19.7 Å². The van der Waals surface area contributed by atoms with Crippen molar-refractivity contribution in [3.8, 4) is 5.75 Å². The molecule has 0 aliphatic heterocycles. The normalized spacial score (nSPS) is 10.6. The maximum atomic E-state index is 12.1. The third-order valence-corrected chi connectivity index (χ3v) is 3.18. The summed E-state index contributed by atoms with van der Waals surface area (Å²) in [6.07, 6.45) is 0. The lowest BCUT2D eigenvalue weighted by Crippen LogP contribution is -2.12. The topological polar surface area (TPSA) is 102 Å². The summed E-state index contributed by atoms with van der Waals surface area (Å²) in [6, 6.07) is 6.05. The highest BCUT2D eigenvalue weighted by Crippen LogP contribution is 2.28. The first-order chi connectivity index (χ1) is 10.9. The summed E-state index contributed by atoms with van der Waals surface area (Å²) >= 11 is 5.98. The van der Waals surface area contributed by atoms with Crippen molar-refractivity contribution in [2.24, 2.45) is 0 Å². The molecule has 1 amide bonds. The molecule has 0 spiro atoms. The van der Waals surface area contributed by atoms with E-state index in [9.17, 15) is 9.59 Å². The molecule has 8 heteroatoms. The Labute approximate surface area is 137 Å². The largest absolute Gasteiger partial charge is 0.480 e. The molecule has 0 unspecified atom stereocenters. The van der Waals surface area contributed by atoms with E-state index in [2.05, 4.69) is 10.5 Å². The average Bonchev–Trinajstić information content (AvgIpc) is 2.96. The van der Waals surface area contributed by atoms with Gasteiger partial charge in [0.05, 0.1) is 10.7 Å². The molecule has 2 rings (SSSR count). The molecule has 0 saturated heterocycles. The average molecular weight is 339 g/mol. The molecule has 7 nitrogen and oxygen atoms in total. The van der Waals surface area contributed by atoms with Crippen molar-refractivity contribution in [3.05, 3.63) is 40.7 Å². The number of benzene rings is 1. The van der Waals surface area contributed by atoms with Gasteiger partial charge in [-0.25, -0.2) is 4.79 Å². The van der Waals surface area contributed by atoms with Gasteiger partial charge in [0.15, 0.2) is 6.61 Å². The lowest BCUT2D eigenvalue weighted by atomic mass is 10.1. The molecule has 122 valence electrons. The molecule has 0 bridgehead atoms. The van der Waals surface area contributed by atoms with Gasteiger partial charge in [-0.3, -0.25) is 4.79 Å². The van der Waals surface area contributed by atoms with Crippen LogP contribution in [0.2, 0.25) is 5.02 Å². The molecule has 2 N–H and O–H groups in total. The first kappa shape index (κ1) is 16.8. The van der Waals surface area contributed by atoms with Crippen LogP contribution in [0, 0.1) is 0 Å². The van der Waals surface area contributed by atoms with Crippen molar-refractivity contribution in [1.29, 1.82) is 0 Å². The Morgan fingerprint density at radius 3 is 2.70 bits per heavy atom. The Bertz CT molecular complexity index is 726. The second kappa shape index (κ2) is 7.15. The van der Waals surface area contributed by atoms with Crippen LogP contribution >= 0.6 is 11.6 Å². The van der Waals surface area contributed by atoms with E-state index in [1.54, 1.807) is 12.1 Å². The number of amides is 1. The monoisotopic (exact) mass is 338 g/mol. The van der Waals surface area contributed by atoms with E-state index in [1.807, 2.05) is 13.8 Å². The number of ether oxygens (including phenoxy) is 1. The zero-order chi connectivity index (χ0) is 17.0. The smallest absolute Gasteiger partial charge is 0.341 e. The van der Waals surface area contributed by atoms with E-state index >= 15 is 0 Å². The van der Waals surface area contributed by atoms with Crippen molar-refractivity contribution in [3.63, 3.8) is 0 Å². The Morgan fingerprint density at radius 1 is 1.39 bits per heavy atom. The highest BCUT2D eigenvalue weighted by atomic mass is 35.5. The van der Waals surface area contributed by atoms with E-state index < -0.39 is 18.5 Å². The Kier molecular flexibility index (Phi) is 5.23. The van der Waals surface area contributed by atoms with Gasteiger partial charge in [0.2, 0.25) is 5.76 Å². The fourth-order valence-corrected chi connectivity index (χ4v) is 1.93. The van der Waals surface area contributed by atoms with Gasteiger partial charge in [-0.2, -0.15) is 0 Å². The molecule has 0 atom stereocenters. The lowest BCUT2D eigenvalue weighted by Gasteiger charge is -2.08. The number of nitrogens with one attached hydrogen (secondary N) is 1. The first-order valence-electron chi connectivity index (χ1n) is 6.79. The third kappa shape index (κ3) is 4.46. The van der Waals surface area contributed by atoms with Crippen LogP contribution in [-0.4, -0.2) is 28.7 Å². The predicted molar refractivity (Wildman–Crippen MR) is 83.1 cm³/mol. The summed E-state index contributed by atoms with van der Waals surface area (Å²) in [7, 11) is 0. The summed E-state index contributed by atoms with van der Waals surface area (Å²) in [4.78, 5) is 22.5. The number of halogens is 1. The van der Waals surface area contributed by atoms with Gasteiger partial charge in [0.25, 0.3) is 5.91 Å². The van der Waals surface area contributed by atoms with Gasteiger partial charge in [-0.15, -0.1) is 0 Å². The number of hydrogen-bond acceptors (Lipinski definition) is 5. The fourth-order valence-electron chi connectivity index (χ4n) is 1.70. The van der Waals surface area contributed by atoms with Crippen LogP contribution < -0.4 is 10.1 Å². The van der Waals surface area contributed by atoms with Crippen molar-refractivity contribution in [2.45, 2.75) is 19.8 Å². The van der Waals surface area contributed by atoms with Crippen LogP contribution in [0.15, 0.2) is 28.8 Å². The molecule has 0 aliphatic rings. The Hall–Kier alpha value is -2.54. The van der Waals surface area contributed by atoms with Crippen molar-refractivity contribution >= 4 is 29.2 Å². The van der Waals surface area contributed by atoms with Gasteiger partial charge in [-0.1, -0.05) is 30.6 Å². The zero-order valence-electron chi connectivity index (χ0n) is 12.5. The van der Waals surface area contributed by atoms with Crippen LogP contribution in [0.1, 0.15) is 36.0 Å². The molecule has 23 heavy (non-hydrogen) atoms. The molecular weight excluding hydrogens is 324 g/mol. The minimum Gasteiger partial charge on any atom is -0.480 e. The first-order valence-corrected chi connectivity index (χ1v) is 7.16. The number of anilines is 1. The van der Waals surface area contributed by atoms with E-state index in [0.29, 0.717) is 11.4 Å². The summed E-state index contributed by atoms with van der Waals surface area (Å²) in [5.74, 6) is -1.10. The number of carbonyl (C=O) groups excluding carboxylic acids is 1. The second-order valence-corrected chi connectivity index (χ2v) is 5.46. The standard InChI is InChI=1S/C15H15ClN2O5/c1-8(2)11-6-13(23-18-11)15(21)17-9-3-4-12(10(16)5-9)22-7-14(19)20/h3-6,8H,7H2,1-2H3,(H,17,21)(H,19,20). The Morgan fingerprint density at radius 2 is 2.13 bits per heavy atom. The van der Waals surface area contributed by atoms with E-state index in [0.717, 1.165) is 0 Å². The van der Waals surface area contributed by atoms with Gasteiger partial charge in [0, 0.05) is 11.8 Å². The summed E-state index contributed by atoms with van der Waals surface area (Å²) in [5, 5.41) is 15.2. The number of hydrogen-bond donors (Lipinski definition) is 2. The third-order valence-electron chi connectivity index (χ3n) is 2.88. The highest BCUT2D eigenvalue weighted by Gasteiger charge is 2.15. The molecule has 1 heterocycles. The van der Waals surface area contributed by atoms with E-state index in [1.165, 1.54) is 12.1 Å². The lowest BCUT2D eigenvalue weighted by molar-refractivity contribution is -0.139. The zero-order valence-corrected chi connectivity index (χ0v) is 13.3. The van der Waals surface area contributed by atoms with Crippen molar-refractivity contribution in [2.75, 3.05) is 11.9 Å². The number of carboxylic acid groups (broad SMARTS) is 1. The molecule has 1 aromatic heterocycles. The van der Waals surface area contributed by atoms with Crippen LogP contribution in [0.3, 0.4) is 0 Å². The van der Waals surface area contributed by atoms with Crippen LogP contribution in [0.5, 0.6) is 5.75 Å². The SMILES string of the molecule is CC(C)c1cc(C(=O)Nc2ccc(OCC(=O)O)c(Cl)c2)on1. The van der Waals surface area contributed by atoms with Crippen molar-refractivity contribution in [1.82, 2.24) is 5.16 Å².